The lowest BCUT2D eigenvalue weighted by atomic mass is 9.97. The third kappa shape index (κ3) is 5.02. The minimum atomic E-state index is -0.181. The summed E-state index contributed by atoms with van der Waals surface area (Å²) in [7, 11) is 0. The molecule has 124 valence electrons. The Bertz CT molecular complexity index is 578. The highest BCUT2D eigenvalue weighted by atomic mass is 16.1. The van der Waals surface area contributed by atoms with Gasteiger partial charge in [-0.1, -0.05) is 51.9 Å². The number of fused-ring (bicyclic) bond motifs is 1. The SMILES string of the molecule is CCCCCCCCCCNC1=CC(=O)c2cccnc2C1=O. The van der Waals surface area contributed by atoms with Crippen molar-refractivity contribution in [3.8, 4) is 0 Å². The van der Waals surface area contributed by atoms with Gasteiger partial charge in [0.25, 0.3) is 0 Å². The fraction of sp³-hybridized carbons (Fsp3) is 0.526. The van der Waals surface area contributed by atoms with E-state index in [2.05, 4.69) is 17.2 Å². The van der Waals surface area contributed by atoms with Gasteiger partial charge in [0.2, 0.25) is 5.78 Å². The molecule has 1 aliphatic carbocycles. The summed E-state index contributed by atoms with van der Waals surface area (Å²) >= 11 is 0. The normalized spacial score (nSPS) is 13.7. The van der Waals surface area contributed by atoms with Gasteiger partial charge in [0.15, 0.2) is 5.78 Å². The van der Waals surface area contributed by atoms with Crippen LogP contribution in [0.15, 0.2) is 30.1 Å². The summed E-state index contributed by atoms with van der Waals surface area (Å²) in [5, 5.41) is 3.10. The Morgan fingerprint density at radius 1 is 1.00 bits per heavy atom. The Kier molecular flexibility index (Phi) is 6.98. The highest BCUT2D eigenvalue weighted by Gasteiger charge is 2.26. The smallest absolute Gasteiger partial charge is 0.228 e. The van der Waals surface area contributed by atoms with E-state index >= 15 is 0 Å². The van der Waals surface area contributed by atoms with E-state index in [0.29, 0.717) is 11.3 Å². The fourth-order valence-electron chi connectivity index (χ4n) is 2.80. The number of hydrogen-bond donors (Lipinski definition) is 1. The molecule has 0 aliphatic heterocycles. The molecular weight excluding hydrogens is 288 g/mol. The summed E-state index contributed by atoms with van der Waals surface area (Å²) in [5.74, 6) is -0.328. The number of unbranched alkanes of at least 4 members (excludes halogenated alkanes) is 7. The summed E-state index contributed by atoms with van der Waals surface area (Å²) in [4.78, 5) is 28.3. The van der Waals surface area contributed by atoms with Gasteiger partial charge in [-0.3, -0.25) is 14.6 Å². The minimum absolute atomic E-state index is 0.147. The van der Waals surface area contributed by atoms with E-state index in [4.69, 9.17) is 0 Å². The van der Waals surface area contributed by atoms with Gasteiger partial charge < -0.3 is 5.32 Å². The van der Waals surface area contributed by atoms with Crippen LogP contribution in [0.4, 0.5) is 0 Å². The van der Waals surface area contributed by atoms with Crippen LogP contribution >= 0.6 is 0 Å². The van der Waals surface area contributed by atoms with Crippen molar-refractivity contribution in [2.24, 2.45) is 0 Å². The van der Waals surface area contributed by atoms with Crippen LogP contribution < -0.4 is 5.32 Å². The van der Waals surface area contributed by atoms with Crippen LogP contribution in [-0.4, -0.2) is 23.1 Å². The van der Waals surface area contributed by atoms with Gasteiger partial charge in [-0.25, -0.2) is 0 Å². The first kappa shape index (κ1) is 17.4. The molecule has 1 N–H and O–H groups in total. The van der Waals surface area contributed by atoms with E-state index < -0.39 is 0 Å². The molecule has 1 heterocycles. The van der Waals surface area contributed by atoms with Crippen molar-refractivity contribution >= 4 is 11.6 Å². The van der Waals surface area contributed by atoms with E-state index in [1.54, 1.807) is 18.3 Å². The maximum atomic E-state index is 12.3. The van der Waals surface area contributed by atoms with Crippen LogP contribution in [0.25, 0.3) is 0 Å². The molecule has 1 aromatic rings. The first-order valence-corrected chi connectivity index (χ1v) is 8.73. The largest absolute Gasteiger partial charge is 0.382 e. The highest BCUT2D eigenvalue weighted by molar-refractivity contribution is 6.23. The fourth-order valence-corrected chi connectivity index (χ4v) is 2.80. The first-order chi connectivity index (χ1) is 11.2. The molecule has 0 atom stereocenters. The minimum Gasteiger partial charge on any atom is -0.382 e. The van der Waals surface area contributed by atoms with E-state index in [1.165, 1.54) is 44.6 Å². The van der Waals surface area contributed by atoms with Crippen molar-refractivity contribution in [1.82, 2.24) is 10.3 Å². The number of carbonyl (C=O) groups excluding carboxylic acids is 2. The third-order valence-corrected chi connectivity index (χ3v) is 4.15. The Labute approximate surface area is 138 Å². The number of rotatable bonds is 10. The van der Waals surface area contributed by atoms with Gasteiger partial charge in [0.1, 0.15) is 5.69 Å². The number of nitrogens with zero attached hydrogens (tertiary/aromatic N) is 1. The van der Waals surface area contributed by atoms with Gasteiger partial charge in [-0.05, 0) is 18.6 Å². The lowest BCUT2D eigenvalue weighted by Gasteiger charge is -2.15. The quantitative estimate of drug-likeness (QED) is 0.661. The van der Waals surface area contributed by atoms with Gasteiger partial charge in [-0.2, -0.15) is 0 Å². The number of nitrogens with one attached hydrogen (secondary N) is 1. The van der Waals surface area contributed by atoms with Gasteiger partial charge in [0.05, 0.1) is 11.3 Å². The van der Waals surface area contributed by atoms with Crippen LogP contribution in [0, 0.1) is 0 Å². The van der Waals surface area contributed by atoms with Crippen LogP contribution in [-0.2, 0) is 0 Å². The average molecular weight is 314 g/mol. The monoisotopic (exact) mass is 314 g/mol. The van der Waals surface area contributed by atoms with Crippen molar-refractivity contribution in [2.45, 2.75) is 58.3 Å². The Hall–Kier alpha value is -1.97. The van der Waals surface area contributed by atoms with Gasteiger partial charge >= 0.3 is 0 Å². The standard InChI is InChI=1S/C19H26N2O2/c1-2-3-4-5-6-7-8-9-12-20-16-14-17(22)15-11-10-13-21-18(15)19(16)23/h10-11,13-14,20H,2-9,12H2,1H3. The zero-order valence-corrected chi connectivity index (χ0v) is 13.9. The molecule has 0 aromatic carbocycles. The molecule has 1 aromatic heterocycles. The number of pyridine rings is 1. The Morgan fingerprint density at radius 3 is 2.43 bits per heavy atom. The maximum Gasteiger partial charge on any atom is 0.228 e. The summed E-state index contributed by atoms with van der Waals surface area (Å²) in [5.41, 5.74) is 1.04. The van der Waals surface area contributed by atoms with Gasteiger partial charge in [0, 0.05) is 18.8 Å². The van der Waals surface area contributed by atoms with Crippen LogP contribution in [0.5, 0.6) is 0 Å². The molecule has 0 bridgehead atoms. The van der Waals surface area contributed by atoms with Crippen molar-refractivity contribution in [2.75, 3.05) is 6.54 Å². The van der Waals surface area contributed by atoms with E-state index in [9.17, 15) is 9.59 Å². The first-order valence-electron chi connectivity index (χ1n) is 8.73. The molecule has 1 aliphatic rings. The number of carbonyl (C=O) groups is 2. The second kappa shape index (κ2) is 9.23. The van der Waals surface area contributed by atoms with E-state index in [0.717, 1.165) is 19.4 Å². The van der Waals surface area contributed by atoms with Crippen molar-refractivity contribution in [3.63, 3.8) is 0 Å². The molecule has 0 saturated carbocycles. The molecule has 23 heavy (non-hydrogen) atoms. The number of allylic oxidation sites excluding steroid dienone is 2. The zero-order valence-electron chi connectivity index (χ0n) is 13.9. The molecule has 4 nitrogen and oxygen atoms in total. The number of hydrogen-bond acceptors (Lipinski definition) is 4. The third-order valence-electron chi connectivity index (χ3n) is 4.15. The maximum absolute atomic E-state index is 12.3. The van der Waals surface area contributed by atoms with Crippen LogP contribution in [0.3, 0.4) is 0 Å². The van der Waals surface area contributed by atoms with E-state index in [1.807, 2.05) is 0 Å². The number of ketones is 2. The molecule has 4 heteroatoms. The average Bonchev–Trinajstić information content (AvgIpc) is 2.57. The summed E-state index contributed by atoms with van der Waals surface area (Å²) in [6, 6.07) is 3.32. The number of Topliss-reactive ketones (excluding diaryl/α,β-unsaturated/α-hetero) is 1. The van der Waals surface area contributed by atoms with Crippen molar-refractivity contribution in [1.29, 1.82) is 0 Å². The lowest BCUT2D eigenvalue weighted by molar-refractivity contribution is 0.0974. The van der Waals surface area contributed by atoms with Crippen LogP contribution in [0.2, 0.25) is 0 Å². The predicted octanol–water partition coefficient (Wildman–Crippen LogP) is 4.07. The van der Waals surface area contributed by atoms with Crippen molar-refractivity contribution < 1.29 is 9.59 Å². The summed E-state index contributed by atoms with van der Waals surface area (Å²) < 4.78 is 0. The molecular formula is C19H26N2O2. The highest BCUT2D eigenvalue weighted by Crippen LogP contribution is 2.17. The topological polar surface area (TPSA) is 59.1 Å². The van der Waals surface area contributed by atoms with E-state index in [-0.39, 0.29) is 17.3 Å². The molecule has 0 radical (unpaired) electrons. The predicted molar refractivity (Wildman–Crippen MR) is 91.6 cm³/mol. The molecule has 0 unspecified atom stereocenters. The number of aromatic nitrogens is 1. The molecule has 0 fully saturated rings. The molecule has 0 saturated heterocycles. The molecule has 0 spiro atoms. The Balaban J connectivity index is 1.69. The van der Waals surface area contributed by atoms with Crippen LogP contribution in [0.1, 0.15) is 79.1 Å². The summed E-state index contributed by atoms with van der Waals surface area (Å²) in [6.45, 7) is 2.95. The zero-order chi connectivity index (χ0) is 16.5. The second-order valence-corrected chi connectivity index (χ2v) is 6.05. The Morgan fingerprint density at radius 2 is 1.70 bits per heavy atom. The lowest BCUT2D eigenvalue weighted by Crippen LogP contribution is -2.28. The second-order valence-electron chi connectivity index (χ2n) is 6.05. The van der Waals surface area contributed by atoms with Gasteiger partial charge in [-0.15, -0.1) is 0 Å². The summed E-state index contributed by atoms with van der Waals surface area (Å²) in [6.07, 6.45) is 12.9. The molecule has 0 amide bonds. The van der Waals surface area contributed by atoms with Crippen molar-refractivity contribution in [3.05, 3.63) is 41.4 Å². The molecule has 2 rings (SSSR count).